The Morgan fingerprint density at radius 3 is 2.83 bits per heavy atom. The zero-order valence-electron chi connectivity index (χ0n) is 7.46. The largest absolute Gasteiger partial charge is 0.331 e. The Balaban J connectivity index is 2.52. The van der Waals surface area contributed by atoms with E-state index in [0.717, 1.165) is 18.8 Å². The van der Waals surface area contributed by atoms with E-state index in [-0.39, 0.29) is 10.8 Å². The standard InChI is InChI=1S/C7H15N3OS/c1-7(2)5-10(3-4-12-7)6(11)9-8/h3-5,8H2,1-2H3,(H,9,11). The molecule has 4 nitrogen and oxygen atoms in total. The number of hydrazine groups is 1. The number of nitrogens with two attached hydrogens (primary N) is 1. The van der Waals surface area contributed by atoms with Crippen LogP contribution in [0, 0.1) is 0 Å². The lowest BCUT2D eigenvalue weighted by molar-refractivity contribution is 0.195. The first-order valence-electron chi connectivity index (χ1n) is 3.95. The molecule has 70 valence electrons. The number of carbonyl (C=O) groups is 1. The zero-order chi connectivity index (χ0) is 9.19. The highest BCUT2D eigenvalue weighted by molar-refractivity contribution is 8.00. The van der Waals surface area contributed by atoms with Gasteiger partial charge in [0.15, 0.2) is 0 Å². The van der Waals surface area contributed by atoms with Crippen molar-refractivity contribution in [2.45, 2.75) is 18.6 Å². The molecule has 1 saturated heterocycles. The summed E-state index contributed by atoms with van der Waals surface area (Å²) in [6.45, 7) is 5.82. The first kappa shape index (κ1) is 9.67. The van der Waals surface area contributed by atoms with Gasteiger partial charge in [0.05, 0.1) is 0 Å². The van der Waals surface area contributed by atoms with Crippen LogP contribution >= 0.6 is 11.8 Å². The number of urea groups is 1. The second-order valence-electron chi connectivity index (χ2n) is 3.48. The van der Waals surface area contributed by atoms with Gasteiger partial charge >= 0.3 is 6.03 Å². The maximum atomic E-state index is 11.1. The molecule has 0 aliphatic carbocycles. The lowest BCUT2D eigenvalue weighted by atomic mass is 10.2. The van der Waals surface area contributed by atoms with Crippen LogP contribution in [0.5, 0.6) is 0 Å². The van der Waals surface area contributed by atoms with Crippen molar-refractivity contribution in [2.75, 3.05) is 18.8 Å². The first-order valence-corrected chi connectivity index (χ1v) is 4.93. The Kier molecular flexibility index (Phi) is 2.85. The van der Waals surface area contributed by atoms with Crippen molar-refractivity contribution in [1.29, 1.82) is 0 Å². The Hall–Kier alpha value is -0.420. The van der Waals surface area contributed by atoms with Gasteiger partial charge in [0.2, 0.25) is 0 Å². The summed E-state index contributed by atoms with van der Waals surface area (Å²) in [6.07, 6.45) is 0. The van der Waals surface area contributed by atoms with E-state index in [9.17, 15) is 4.79 Å². The molecule has 0 aromatic heterocycles. The van der Waals surface area contributed by atoms with E-state index < -0.39 is 0 Å². The third kappa shape index (κ3) is 2.28. The number of thioether (sulfide) groups is 1. The molecular formula is C7H15N3OS. The van der Waals surface area contributed by atoms with Gasteiger partial charge < -0.3 is 4.90 Å². The molecule has 2 amide bonds. The quantitative estimate of drug-likeness (QED) is 0.329. The molecular weight excluding hydrogens is 174 g/mol. The Bertz CT molecular complexity index is 183. The molecule has 0 saturated carbocycles. The van der Waals surface area contributed by atoms with Gasteiger partial charge in [0.25, 0.3) is 0 Å². The molecule has 1 aliphatic rings. The Morgan fingerprint density at radius 1 is 1.67 bits per heavy atom. The molecule has 0 bridgehead atoms. The average Bonchev–Trinajstić information content (AvgIpc) is 2.01. The number of hydrogen-bond acceptors (Lipinski definition) is 3. The molecule has 0 spiro atoms. The molecule has 1 aliphatic heterocycles. The van der Waals surface area contributed by atoms with Gasteiger partial charge in [0.1, 0.15) is 0 Å². The number of amides is 2. The molecule has 0 aromatic carbocycles. The number of nitrogens with zero attached hydrogens (tertiary/aromatic N) is 1. The summed E-state index contributed by atoms with van der Waals surface area (Å²) in [5.74, 6) is 6.03. The molecule has 1 rings (SSSR count). The van der Waals surface area contributed by atoms with Crippen molar-refractivity contribution >= 4 is 17.8 Å². The minimum Gasteiger partial charge on any atom is -0.322 e. The highest BCUT2D eigenvalue weighted by Crippen LogP contribution is 2.29. The fourth-order valence-electron chi connectivity index (χ4n) is 1.28. The average molecular weight is 189 g/mol. The molecule has 1 fully saturated rings. The number of carbonyl (C=O) groups excluding carboxylic acids is 1. The van der Waals surface area contributed by atoms with Crippen molar-refractivity contribution in [3.8, 4) is 0 Å². The second kappa shape index (κ2) is 3.53. The van der Waals surface area contributed by atoms with Gasteiger partial charge in [-0.1, -0.05) is 0 Å². The highest BCUT2D eigenvalue weighted by Gasteiger charge is 2.29. The molecule has 12 heavy (non-hydrogen) atoms. The minimum absolute atomic E-state index is 0.157. The Labute approximate surface area is 76.8 Å². The van der Waals surface area contributed by atoms with Gasteiger partial charge in [0, 0.05) is 23.6 Å². The van der Waals surface area contributed by atoms with Crippen molar-refractivity contribution < 1.29 is 4.79 Å². The van der Waals surface area contributed by atoms with Crippen LogP contribution in [0.15, 0.2) is 0 Å². The lowest BCUT2D eigenvalue weighted by Gasteiger charge is -2.36. The summed E-state index contributed by atoms with van der Waals surface area (Å²) < 4.78 is 0.157. The molecule has 0 atom stereocenters. The molecule has 5 heteroatoms. The zero-order valence-corrected chi connectivity index (χ0v) is 8.28. The van der Waals surface area contributed by atoms with E-state index in [4.69, 9.17) is 5.84 Å². The molecule has 3 N–H and O–H groups in total. The summed E-state index contributed by atoms with van der Waals surface area (Å²) >= 11 is 1.89. The van der Waals surface area contributed by atoms with Gasteiger partial charge in [-0.3, -0.25) is 5.43 Å². The van der Waals surface area contributed by atoms with Gasteiger partial charge in [-0.25, -0.2) is 10.6 Å². The first-order chi connectivity index (χ1) is 5.55. The van der Waals surface area contributed by atoms with Crippen LogP contribution in [-0.2, 0) is 0 Å². The number of hydrogen-bond donors (Lipinski definition) is 2. The molecule has 0 aromatic rings. The summed E-state index contributed by atoms with van der Waals surface area (Å²) in [5.41, 5.74) is 2.15. The van der Waals surface area contributed by atoms with Crippen LogP contribution in [0.1, 0.15) is 13.8 Å². The van der Waals surface area contributed by atoms with Crippen LogP contribution in [0.4, 0.5) is 4.79 Å². The van der Waals surface area contributed by atoms with E-state index in [1.165, 1.54) is 0 Å². The van der Waals surface area contributed by atoms with Crippen LogP contribution in [0.2, 0.25) is 0 Å². The fraction of sp³-hybridized carbons (Fsp3) is 0.857. The summed E-state index contributed by atoms with van der Waals surface area (Å²) in [4.78, 5) is 12.9. The predicted molar refractivity (Wildman–Crippen MR) is 50.8 cm³/mol. The molecule has 0 unspecified atom stereocenters. The van der Waals surface area contributed by atoms with E-state index >= 15 is 0 Å². The van der Waals surface area contributed by atoms with Crippen molar-refractivity contribution in [3.63, 3.8) is 0 Å². The summed E-state index contributed by atoms with van der Waals surface area (Å²) in [6, 6.07) is -0.177. The second-order valence-corrected chi connectivity index (χ2v) is 5.28. The molecule has 0 radical (unpaired) electrons. The van der Waals surface area contributed by atoms with E-state index in [1.807, 2.05) is 11.8 Å². The number of rotatable bonds is 0. The SMILES string of the molecule is CC1(C)CN(C(=O)NN)CCS1. The highest BCUT2D eigenvalue weighted by atomic mass is 32.2. The van der Waals surface area contributed by atoms with Crippen LogP contribution in [0.3, 0.4) is 0 Å². The normalized spacial score (nSPS) is 22.1. The van der Waals surface area contributed by atoms with Gasteiger partial charge in [-0.05, 0) is 13.8 Å². The fourth-order valence-corrected chi connectivity index (χ4v) is 2.39. The van der Waals surface area contributed by atoms with Crippen molar-refractivity contribution in [2.24, 2.45) is 5.84 Å². The topological polar surface area (TPSA) is 58.4 Å². The lowest BCUT2D eigenvalue weighted by Crippen LogP contribution is -2.51. The van der Waals surface area contributed by atoms with Crippen LogP contribution in [-0.4, -0.2) is 34.5 Å². The maximum Gasteiger partial charge on any atom is 0.331 e. The maximum absolute atomic E-state index is 11.1. The third-order valence-corrected chi connectivity index (χ3v) is 3.13. The minimum atomic E-state index is -0.177. The van der Waals surface area contributed by atoms with Crippen molar-refractivity contribution in [3.05, 3.63) is 0 Å². The van der Waals surface area contributed by atoms with Crippen molar-refractivity contribution in [1.82, 2.24) is 10.3 Å². The monoisotopic (exact) mass is 189 g/mol. The molecule has 1 heterocycles. The van der Waals surface area contributed by atoms with E-state index in [1.54, 1.807) is 4.90 Å². The third-order valence-electron chi connectivity index (χ3n) is 1.84. The smallest absolute Gasteiger partial charge is 0.322 e. The number of nitrogens with one attached hydrogen (secondary N) is 1. The van der Waals surface area contributed by atoms with Crippen LogP contribution < -0.4 is 11.3 Å². The van der Waals surface area contributed by atoms with Gasteiger partial charge in [-0.2, -0.15) is 11.8 Å². The summed E-state index contributed by atoms with van der Waals surface area (Å²) in [5, 5.41) is 0. The van der Waals surface area contributed by atoms with Crippen LogP contribution in [0.25, 0.3) is 0 Å². The van der Waals surface area contributed by atoms with E-state index in [2.05, 4.69) is 19.3 Å². The predicted octanol–water partition coefficient (Wildman–Crippen LogP) is 0.397. The van der Waals surface area contributed by atoms with Gasteiger partial charge in [-0.15, -0.1) is 0 Å². The summed E-state index contributed by atoms with van der Waals surface area (Å²) in [7, 11) is 0. The Morgan fingerprint density at radius 2 is 2.33 bits per heavy atom. The van der Waals surface area contributed by atoms with E-state index in [0.29, 0.717) is 0 Å².